The maximum absolute atomic E-state index is 11.0. The number of fused-ring (bicyclic) bond motifs is 1. The van der Waals surface area contributed by atoms with Gasteiger partial charge in [-0.05, 0) is 18.9 Å². The van der Waals surface area contributed by atoms with E-state index in [4.69, 9.17) is 5.11 Å². The summed E-state index contributed by atoms with van der Waals surface area (Å²) in [7, 11) is 0. The van der Waals surface area contributed by atoms with Crippen LogP contribution in [-0.2, 0) is 6.42 Å². The minimum Gasteiger partial charge on any atom is -0.477 e. The highest BCUT2D eigenvalue weighted by Crippen LogP contribution is 2.14. The van der Waals surface area contributed by atoms with Gasteiger partial charge in [-0.15, -0.1) is 0 Å². The lowest BCUT2D eigenvalue weighted by Crippen LogP contribution is -2.00. The first-order valence-electron chi connectivity index (χ1n) is 4.70. The molecule has 5 nitrogen and oxygen atoms in total. The zero-order chi connectivity index (χ0) is 11.0. The number of aryl methyl sites for hydroxylation is 2. The molecule has 0 bridgehead atoms. The summed E-state index contributed by atoms with van der Waals surface area (Å²) >= 11 is 0. The molecule has 0 amide bonds. The molecule has 78 valence electrons. The van der Waals surface area contributed by atoms with Gasteiger partial charge in [-0.25, -0.2) is 14.3 Å². The van der Waals surface area contributed by atoms with Gasteiger partial charge in [0, 0.05) is 12.4 Å². The minimum absolute atomic E-state index is 0.206. The molecule has 0 spiro atoms. The van der Waals surface area contributed by atoms with Gasteiger partial charge >= 0.3 is 5.97 Å². The fraction of sp³-hybridized carbons (Fsp3) is 0.300. The summed E-state index contributed by atoms with van der Waals surface area (Å²) in [6, 6.07) is 0. The van der Waals surface area contributed by atoms with Crippen molar-refractivity contribution in [3.63, 3.8) is 0 Å². The molecule has 2 aromatic rings. The molecule has 0 aliphatic carbocycles. The molecule has 0 radical (unpaired) electrons. The van der Waals surface area contributed by atoms with Crippen molar-refractivity contribution in [2.75, 3.05) is 0 Å². The lowest BCUT2D eigenvalue weighted by molar-refractivity contribution is 0.0697. The highest BCUT2D eigenvalue weighted by atomic mass is 16.4. The molecule has 1 N–H and O–H groups in total. The van der Waals surface area contributed by atoms with Crippen LogP contribution >= 0.6 is 0 Å². The Kier molecular flexibility index (Phi) is 2.15. The average Bonchev–Trinajstić information content (AvgIpc) is 2.54. The lowest BCUT2D eigenvalue weighted by Gasteiger charge is -1.94. The van der Waals surface area contributed by atoms with E-state index in [0.29, 0.717) is 17.8 Å². The molecule has 0 saturated carbocycles. The number of nitrogens with zero attached hydrogens (tertiary/aromatic N) is 3. The summed E-state index contributed by atoms with van der Waals surface area (Å²) in [5, 5.41) is 13.2. The number of aromatic nitrogens is 3. The second-order valence-corrected chi connectivity index (χ2v) is 3.38. The predicted octanol–water partition coefficient (Wildman–Crippen LogP) is 1.30. The molecular weight excluding hydrogens is 194 g/mol. The van der Waals surface area contributed by atoms with Gasteiger partial charge in [0.25, 0.3) is 0 Å². The quantitative estimate of drug-likeness (QED) is 0.802. The third-order valence-corrected chi connectivity index (χ3v) is 2.22. The Morgan fingerprint density at radius 2 is 2.33 bits per heavy atom. The van der Waals surface area contributed by atoms with Crippen molar-refractivity contribution in [2.24, 2.45) is 0 Å². The Labute approximate surface area is 86.4 Å². The van der Waals surface area contributed by atoms with Gasteiger partial charge in [-0.2, -0.15) is 5.10 Å². The molecule has 0 aromatic carbocycles. The molecule has 0 fully saturated rings. The second kappa shape index (κ2) is 3.34. The van der Waals surface area contributed by atoms with E-state index in [-0.39, 0.29) is 5.56 Å². The number of hydrogen-bond donors (Lipinski definition) is 1. The molecule has 0 unspecified atom stereocenters. The zero-order valence-corrected chi connectivity index (χ0v) is 8.56. The number of carboxylic acid groups (broad SMARTS) is 1. The smallest absolute Gasteiger partial charge is 0.341 e. The van der Waals surface area contributed by atoms with E-state index < -0.39 is 5.97 Å². The first-order chi connectivity index (χ1) is 7.13. The van der Waals surface area contributed by atoms with Crippen molar-refractivity contribution >= 4 is 11.6 Å². The summed E-state index contributed by atoms with van der Waals surface area (Å²) in [5.74, 6) is -0.974. The van der Waals surface area contributed by atoms with Crippen LogP contribution in [0.25, 0.3) is 5.65 Å². The minimum atomic E-state index is -0.974. The molecule has 0 aliphatic rings. The SMILES string of the molecule is CCc1nn2cc(C)cnc2c1C(=O)O. The van der Waals surface area contributed by atoms with Crippen LogP contribution in [0, 0.1) is 6.92 Å². The van der Waals surface area contributed by atoms with Crippen LogP contribution in [0.5, 0.6) is 0 Å². The Morgan fingerprint density at radius 3 is 2.93 bits per heavy atom. The van der Waals surface area contributed by atoms with Crippen molar-refractivity contribution in [2.45, 2.75) is 20.3 Å². The van der Waals surface area contributed by atoms with Crippen LogP contribution < -0.4 is 0 Å². The summed E-state index contributed by atoms with van der Waals surface area (Å²) in [4.78, 5) is 15.1. The Balaban J connectivity index is 2.80. The molecule has 0 saturated heterocycles. The van der Waals surface area contributed by atoms with Crippen molar-refractivity contribution in [3.05, 3.63) is 29.2 Å². The summed E-state index contributed by atoms with van der Waals surface area (Å²) in [6.07, 6.45) is 4.00. The summed E-state index contributed by atoms with van der Waals surface area (Å²) < 4.78 is 1.53. The van der Waals surface area contributed by atoms with E-state index in [1.165, 1.54) is 4.52 Å². The third-order valence-electron chi connectivity index (χ3n) is 2.22. The second-order valence-electron chi connectivity index (χ2n) is 3.38. The van der Waals surface area contributed by atoms with Gasteiger partial charge < -0.3 is 5.11 Å². The number of rotatable bonds is 2. The monoisotopic (exact) mass is 205 g/mol. The van der Waals surface area contributed by atoms with Crippen LogP contribution in [0.2, 0.25) is 0 Å². The van der Waals surface area contributed by atoms with Crippen molar-refractivity contribution in [1.82, 2.24) is 14.6 Å². The summed E-state index contributed by atoms with van der Waals surface area (Å²) in [5.41, 5.74) is 2.13. The standard InChI is InChI=1S/C10H11N3O2/c1-3-7-8(10(14)15)9-11-4-6(2)5-13(9)12-7/h4-5H,3H2,1-2H3,(H,14,15). The van der Waals surface area contributed by atoms with Crippen molar-refractivity contribution in [1.29, 1.82) is 0 Å². The molecule has 0 atom stereocenters. The van der Waals surface area contributed by atoms with Crippen molar-refractivity contribution < 1.29 is 9.90 Å². The number of carbonyl (C=O) groups is 1. The zero-order valence-electron chi connectivity index (χ0n) is 8.56. The Bertz CT molecular complexity index is 531. The number of hydrogen-bond acceptors (Lipinski definition) is 3. The highest BCUT2D eigenvalue weighted by Gasteiger charge is 2.18. The summed E-state index contributed by atoms with van der Waals surface area (Å²) in [6.45, 7) is 3.77. The van der Waals surface area contributed by atoms with Gasteiger partial charge in [-0.3, -0.25) is 0 Å². The maximum Gasteiger partial charge on any atom is 0.341 e. The van der Waals surface area contributed by atoms with E-state index in [1.807, 2.05) is 13.8 Å². The normalized spacial score (nSPS) is 10.8. The van der Waals surface area contributed by atoms with Crippen LogP contribution in [0.4, 0.5) is 0 Å². The average molecular weight is 205 g/mol. The fourth-order valence-electron chi connectivity index (χ4n) is 1.54. The van der Waals surface area contributed by atoms with Crippen LogP contribution in [0.1, 0.15) is 28.5 Å². The first kappa shape index (κ1) is 9.64. The first-order valence-corrected chi connectivity index (χ1v) is 4.70. The fourth-order valence-corrected chi connectivity index (χ4v) is 1.54. The number of aromatic carboxylic acids is 1. The molecule has 5 heteroatoms. The Hall–Kier alpha value is -1.91. The van der Waals surface area contributed by atoms with Crippen LogP contribution in [-0.4, -0.2) is 25.7 Å². The molecule has 15 heavy (non-hydrogen) atoms. The largest absolute Gasteiger partial charge is 0.477 e. The van der Waals surface area contributed by atoms with E-state index in [1.54, 1.807) is 12.4 Å². The highest BCUT2D eigenvalue weighted by molar-refractivity contribution is 5.95. The third kappa shape index (κ3) is 1.45. The Morgan fingerprint density at radius 1 is 1.60 bits per heavy atom. The van der Waals surface area contributed by atoms with Gasteiger partial charge in [0.2, 0.25) is 0 Å². The molecule has 0 aliphatic heterocycles. The van der Waals surface area contributed by atoms with Gasteiger partial charge in [0.15, 0.2) is 5.65 Å². The van der Waals surface area contributed by atoms with E-state index in [0.717, 1.165) is 5.56 Å². The molecular formula is C10H11N3O2. The van der Waals surface area contributed by atoms with E-state index >= 15 is 0 Å². The maximum atomic E-state index is 11.0. The van der Waals surface area contributed by atoms with E-state index in [9.17, 15) is 4.79 Å². The van der Waals surface area contributed by atoms with Gasteiger partial charge in [-0.1, -0.05) is 6.92 Å². The van der Waals surface area contributed by atoms with Gasteiger partial charge in [0.05, 0.1) is 5.69 Å². The van der Waals surface area contributed by atoms with Gasteiger partial charge in [0.1, 0.15) is 5.56 Å². The molecule has 2 heterocycles. The molecule has 2 rings (SSSR count). The topological polar surface area (TPSA) is 67.5 Å². The number of carboxylic acids is 1. The van der Waals surface area contributed by atoms with Crippen LogP contribution in [0.3, 0.4) is 0 Å². The van der Waals surface area contributed by atoms with Crippen molar-refractivity contribution in [3.8, 4) is 0 Å². The predicted molar refractivity (Wildman–Crippen MR) is 54.1 cm³/mol. The van der Waals surface area contributed by atoms with Crippen LogP contribution in [0.15, 0.2) is 12.4 Å². The van der Waals surface area contributed by atoms with E-state index in [2.05, 4.69) is 10.1 Å². The lowest BCUT2D eigenvalue weighted by atomic mass is 10.2. The molecule has 2 aromatic heterocycles.